The van der Waals surface area contributed by atoms with E-state index in [2.05, 4.69) is 73.3 Å². The van der Waals surface area contributed by atoms with Crippen LogP contribution in [-0.2, 0) is 32.6 Å². The van der Waals surface area contributed by atoms with Gasteiger partial charge in [-0.15, -0.1) is 36.2 Å². The van der Waals surface area contributed by atoms with Crippen molar-refractivity contribution in [1.29, 1.82) is 0 Å². The van der Waals surface area contributed by atoms with Crippen molar-refractivity contribution < 1.29 is 51.0 Å². The normalized spacial score (nSPS) is 8.38. The molecule has 3 aromatic rings. The molecule has 3 heteroatoms. The van der Waals surface area contributed by atoms with Gasteiger partial charge in [-0.25, -0.2) is 12.1 Å². The van der Waals surface area contributed by atoms with Crippen LogP contribution in [0.4, 0.5) is 0 Å². The topological polar surface area (TPSA) is 0 Å². The first-order chi connectivity index (χ1) is 8.90. The van der Waals surface area contributed by atoms with E-state index in [1.165, 1.54) is 16.3 Å². The Morgan fingerprint density at radius 3 is 2.29 bits per heavy atom. The van der Waals surface area contributed by atoms with Crippen molar-refractivity contribution in [3.8, 4) is 0 Å². The molecule has 0 fully saturated rings. The minimum atomic E-state index is 0. The van der Waals surface area contributed by atoms with E-state index >= 15 is 0 Å². The first-order valence-corrected chi connectivity index (χ1v) is 6.32. The minimum absolute atomic E-state index is 0. The van der Waals surface area contributed by atoms with Gasteiger partial charge in [0.1, 0.15) is 0 Å². The second-order valence-corrected chi connectivity index (χ2v) is 4.28. The summed E-state index contributed by atoms with van der Waals surface area (Å²) in [6, 6.07) is 23.1. The van der Waals surface area contributed by atoms with E-state index in [4.69, 9.17) is 0 Å². The van der Waals surface area contributed by atoms with Crippen LogP contribution >= 0.6 is 0 Å². The summed E-state index contributed by atoms with van der Waals surface area (Å²) in [7, 11) is 0. The molecule has 0 aliphatic carbocycles. The van der Waals surface area contributed by atoms with E-state index in [0.29, 0.717) is 0 Å². The zero-order chi connectivity index (χ0) is 12.6. The zero-order valence-electron chi connectivity index (χ0n) is 11.8. The quantitative estimate of drug-likeness (QED) is 0.397. The van der Waals surface area contributed by atoms with E-state index in [9.17, 15) is 0 Å². The van der Waals surface area contributed by atoms with Gasteiger partial charge >= 0.3 is 26.2 Å². The maximum Gasteiger partial charge on any atom is 4.00 e. The molecule has 0 atom stereocenters. The molecular formula is C18H18Cl2Zr. The molecule has 3 rings (SSSR count). The van der Waals surface area contributed by atoms with Crippen molar-refractivity contribution in [2.45, 2.75) is 12.8 Å². The molecule has 108 valence electrons. The largest absolute Gasteiger partial charge is 4.00 e. The standard InChI is InChI=1S/C9H7.C9H11.2ClH.Zr/c1-2-5-9-7-3-6-8(9)4-1;1-2-3-6-9-7-4-5-8-9;;;/h1-7H;2,4-5,7-8H,1,3,6H2;2*1H;/q2*-1;;;+4/p-2. The van der Waals surface area contributed by atoms with E-state index < -0.39 is 0 Å². The van der Waals surface area contributed by atoms with Crippen molar-refractivity contribution in [3.05, 3.63) is 84.9 Å². The smallest absolute Gasteiger partial charge is 1.00 e. The molecule has 0 amide bonds. The predicted molar refractivity (Wildman–Crippen MR) is 80.1 cm³/mol. The molecule has 21 heavy (non-hydrogen) atoms. The fourth-order valence-corrected chi connectivity index (χ4v) is 1.92. The van der Waals surface area contributed by atoms with Gasteiger partial charge < -0.3 is 24.8 Å². The minimum Gasteiger partial charge on any atom is -1.00 e. The summed E-state index contributed by atoms with van der Waals surface area (Å²) in [5.74, 6) is 0. The fourth-order valence-electron chi connectivity index (χ4n) is 1.92. The van der Waals surface area contributed by atoms with E-state index in [1.807, 2.05) is 6.08 Å². The number of halogens is 2. The van der Waals surface area contributed by atoms with Gasteiger partial charge in [0, 0.05) is 0 Å². The van der Waals surface area contributed by atoms with Crippen LogP contribution in [0.5, 0.6) is 0 Å². The van der Waals surface area contributed by atoms with Crippen LogP contribution in [0.3, 0.4) is 0 Å². The Hall–Kier alpha value is -0.617. The molecule has 0 N–H and O–H groups in total. The Morgan fingerprint density at radius 1 is 1.00 bits per heavy atom. The van der Waals surface area contributed by atoms with E-state index in [0.717, 1.165) is 12.8 Å². The summed E-state index contributed by atoms with van der Waals surface area (Å²) in [4.78, 5) is 0. The number of hydrogen-bond acceptors (Lipinski definition) is 0. The fraction of sp³-hybridized carbons (Fsp3) is 0.111. The molecule has 0 bridgehead atoms. The molecule has 0 saturated heterocycles. The number of fused-ring (bicyclic) bond motifs is 1. The Morgan fingerprint density at radius 2 is 1.67 bits per heavy atom. The Bertz CT molecular complexity index is 552. The number of allylic oxidation sites excluding steroid dienone is 1. The van der Waals surface area contributed by atoms with Crippen LogP contribution in [0.25, 0.3) is 10.8 Å². The second kappa shape index (κ2) is 13.1. The van der Waals surface area contributed by atoms with Crippen LogP contribution in [-0.4, -0.2) is 0 Å². The van der Waals surface area contributed by atoms with Crippen LogP contribution in [0.2, 0.25) is 0 Å². The molecule has 0 saturated carbocycles. The average molecular weight is 396 g/mol. The van der Waals surface area contributed by atoms with Gasteiger partial charge in [0.05, 0.1) is 0 Å². The van der Waals surface area contributed by atoms with E-state index in [1.54, 1.807) is 0 Å². The molecule has 0 radical (unpaired) electrons. The third-order valence-corrected chi connectivity index (χ3v) is 2.92. The van der Waals surface area contributed by atoms with Gasteiger partial charge in [-0.1, -0.05) is 18.6 Å². The monoisotopic (exact) mass is 394 g/mol. The maximum atomic E-state index is 3.66. The van der Waals surface area contributed by atoms with Crippen LogP contribution < -0.4 is 24.8 Å². The summed E-state index contributed by atoms with van der Waals surface area (Å²) in [6.07, 6.45) is 4.17. The van der Waals surface area contributed by atoms with E-state index in [-0.39, 0.29) is 51.0 Å². The Labute approximate surface area is 158 Å². The zero-order valence-corrected chi connectivity index (χ0v) is 15.8. The third-order valence-electron chi connectivity index (χ3n) is 2.92. The average Bonchev–Trinajstić information content (AvgIpc) is 3.08. The van der Waals surface area contributed by atoms with Gasteiger partial charge in [0.25, 0.3) is 0 Å². The van der Waals surface area contributed by atoms with Crippen molar-refractivity contribution in [2.75, 3.05) is 0 Å². The Balaban J connectivity index is 0. The summed E-state index contributed by atoms with van der Waals surface area (Å²) < 4.78 is 0. The molecule has 0 aliphatic heterocycles. The maximum absolute atomic E-state index is 3.66. The summed E-state index contributed by atoms with van der Waals surface area (Å²) in [5.41, 5.74) is 1.41. The van der Waals surface area contributed by atoms with Crippen molar-refractivity contribution in [3.63, 3.8) is 0 Å². The van der Waals surface area contributed by atoms with Crippen molar-refractivity contribution in [2.24, 2.45) is 0 Å². The number of hydrogen-bond donors (Lipinski definition) is 0. The van der Waals surface area contributed by atoms with Gasteiger partial charge in [-0.3, -0.25) is 0 Å². The van der Waals surface area contributed by atoms with Crippen LogP contribution in [0, 0.1) is 0 Å². The first kappa shape index (κ1) is 22.7. The SMILES string of the molecule is C=CCC[c-]1cccc1.[Cl-].[Cl-].[Zr+4].c1ccc2[cH-]ccc2c1. The summed E-state index contributed by atoms with van der Waals surface area (Å²) in [5, 5.41) is 2.66. The van der Waals surface area contributed by atoms with Crippen molar-refractivity contribution >= 4 is 10.8 Å². The number of rotatable bonds is 3. The summed E-state index contributed by atoms with van der Waals surface area (Å²) >= 11 is 0. The molecule has 3 aromatic carbocycles. The predicted octanol–water partition coefficient (Wildman–Crippen LogP) is -0.912. The third kappa shape index (κ3) is 7.81. The Kier molecular flexibility index (Phi) is 14.1. The van der Waals surface area contributed by atoms with Crippen molar-refractivity contribution in [1.82, 2.24) is 0 Å². The van der Waals surface area contributed by atoms with Gasteiger partial charge in [-0.05, 0) is 6.42 Å². The van der Waals surface area contributed by atoms with Crippen LogP contribution in [0.1, 0.15) is 12.0 Å². The molecule has 0 spiro atoms. The van der Waals surface area contributed by atoms with Crippen LogP contribution in [0.15, 0.2) is 79.4 Å². The first-order valence-electron chi connectivity index (χ1n) is 6.32. The molecule has 0 heterocycles. The number of benzene rings is 1. The van der Waals surface area contributed by atoms with Gasteiger partial charge in [0.15, 0.2) is 0 Å². The van der Waals surface area contributed by atoms with Gasteiger partial charge in [0.2, 0.25) is 0 Å². The molecule has 0 aromatic heterocycles. The molecule has 0 nitrogen and oxygen atoms in total. The van der Waals surface area contributed by atoms with Gasteiger partial charge in [-0.2, -0.15) is 35.2 Å². The summed E-state index contributed by atoms with van der Waals surface area (Å²) in [6.45, 7) is 3.66. The molecule has 0 unspecified atom stereocenters. The second-order valence-electron chi connectivity index (χ2n) is 4.28. The molecular weight excluding hydrogens is 378 g/mol. The number of aryl methyl sites for hydroxylation is 1. The molecule has 0 aliphatic rings.